The minimum atomic E-state index is -0.836. The van der Waals surface area contributed by atoms with Gasteiger partial charge in [-0.1, -0.05) is 0 Å². The highest BCUT2D eigenvalue weighted by molar-refractivity contribution is 6.04. The Kier molecular flexibility index (Phi) is 4.44. The minimum Gasteiger partial charge on any atom is -0.478 e. The Labute approximate surface area is 137 Å². The van der Waals surface area contributed by atoms with Crippen molar-refractivity contribution in [2.75, 3.05) is 19.6 Å². The van der Waals surface area contributed by atoms with Crippen molar-refractivity contribution in [3.63, 3.8) is 0 Å². The lowest BCUT2D eigenvalue weighted by Gasteiger charge is -2.14. The Morgan fingerprint density at radius 3 is 2.52 bits per heavy atom. The molecule has 0 saturated carbocycles. The molecular formula is C19H26N2O2. The van der Waals surface area contributed by atoms with E-state index in [1.807, 2.05) is 6.92 Å². The van der Waals surface area contributed by atoms with E-state index in [0.717, 1.165) is 36.0 Å². The van der Waals surface area contributed by atoms with Crippen LogP contribution in [0.15, 0.2) is 12.1 Å². The predicted molar refractivity (Wildman–Crippen MR) is 93.4 cm³/mol. The van der Waals surface area contributed by atoms with E-state index in [0.29, 0.717) is 5.56 Å². The molecule has 1 aromatic heterocycles. The zero-order valence-corrected chi connectivity index (χ0v) is 14.4. The maximum absolute atomic E-state index is 11.7. The number of aryl methyl sites for hydroxylation is 2. The Bertz CT molecular complexity index is 740. The maximum Gasteiger partial charge on any atom is 0.337 e. The van der Waals surface area contributed by atoms with Gasteiger partial charge in [0.05, 0.1) is 11.1 Å². The number of aromatic nitrogens is 1. The summed E-state index contributed by atoms with van der Waals surface area (Å²) in [6, 6.07) is 3.95. The molecule has 0 bridgehead atoms. The van der Waals surface area contributed by atoms with Crippen LogP contribution in [0.4, 0.5) is 0 Å². The van der Waals surface area contributed by atoms with Crippen molar-refractivity contribution >= 4 is 16.9 Å². The molecule has 2 aromatic rings. The molecule has 23 heavy (non-hydrogen) atoms. The summed E-state index contributed by atoms with van der Waals surface area (Å²) in [4.78, 5) is 14.2. The molecule has 1 N–H and O–H groups in total. The van der Waals surface area contributed by atoms with E-state index in [1.165, 1.54) is 37.2 Å². The zero-order valence-electron chi connectivity index (χ0n) is 14.4. The molecule has 1 saturated heterocycles. The van der Waals surface area contributed by atoms with Gasteiger partial charge in [-0.3, -0.25) is 0 Å². The van der Waals surface area contributed by atoms with Gasteiger partial charge in [0.15, 0.2) is 0 Å². The summed E-state index contributed by atoms with van der Waals surface area (Å²) >= 11 is 0. The normalized spacial score (nSPS) is 15.6. The maximum atomic E-state index is 11.7. The van der Waals surface area contributed by atoms with Crippen LogP contribution >= 0.6 is 0 Å². The highest BCUT2D eigenvalue weighted by Crippen LogP contribution is 2.31. The monoisotopic (exact) mass is 314 g/mol. The molecule has 0 spiro atoms. The molecule has 0 amide bonds. The number of carbonyl (C=O) groups is 1. The summed E-state index contributed by atoms with van der Waals surface area (Å²) in [7, 11) is 0. The number of fused-ring (bicyclic) bond motifs is 1. The fourth-order valence-electron chi connectivity index (χ4n) is 3.98. The first-order valence-corrected chi connectivity index (χ1v) is 8.61. The largest absolute Gasteiger partial charge is 0.478 e. The number of likely N-dealkylation sites (tertiary alicyclic amines) is 1. The van der Waals surface area contributed by atoms with Crippen molar-refractivity contribution in [3.8, 4) is 0 Å². The van der Waals surface area contributed by atoms with E-state index < -0.39 is 5.97 Å². The number of aromatic carboxylic acids is 1. The average molecular weight is 314 g/mol. The lowest BCUT2D eigenvalue weighted by Crippen LogP contribution is -2.22. The van der Waals surface area contributed by atoms with Crippen molar-refractivity contribution < 1.29 is 9.90 Å². The number of carboxylic acids is 1. The summed E-state index contributed by atoms with van der Waals surface area (Å²) in [6.07, 6.45) is 3.60. The Morgan fingerprint density at radius 2 is 1.91 bits per heavy atom. The van der Waals surface area contributed by atoms with E-state index >= 15 is 0 Å². The van der Waals surface area contributed by atoms with Crippen LogP contribution in [0.25, 0.3) is 10.9 Å². The van der Waals surface area contributed by atoms with Crippen molar-refractivity contribution in [3.05, 3.63) is 34.5 Å². The van der Waals surface area contributed by atoms with Gasteiger partial charge in [-0.2, -0.15) is 0 Å². The Balaban J connectivity index is 2.09. The lowest BCUT2D eigenvalue weighted by molar-refractivity contribution is 0.0698. The quantitative estimate of drug-likeness (QED) is 0.917. The second-order valence-electron chi connectivity index (χ2n) is 6.62. The molecule has 1 aliphatic heterocycles. The van der Waals surface area contributed by atoms with Crippen LogP contribution in [0.5, 0.6) is 0 Å². The number of hydrogen-bond donors (Lipinski definition) is 1. The minimum absolute atomic E-state index is 0.428. The van der Waals surface area contributed by atoms with Crippen LogP contribution in [0.1, 0.15) is 46.9 Å². The van der Waals surface area contributed by atoms with E-state index in [-0.39, 0.29) is 0 Å². The Hall–Kier alpha value is -1.81. The zero-order chi connectivity index (χ0) is 16.6. The van der Waals surface area contributed by atoms with E-state index in [4.69, 9.17) is 0 Å². The first-order valence-electron chi connectivity index (χ1n) is 8.61. The number of rotatable bonds is 5. The second-order valence-corrected chi connectivity index (χ2v) is 6.62. The fourth-order valence-corrected chi connectivity index (χ4v) is 3.98. The van der Waals surface area contributed by atoms with Crippen LogP contribution < -0.4 is 0 Å². The van der Waals surface area contributed by atoms with Crippen LogP contribution in [-0.4, -0.2) is 40.2 Å². The lowest BCUT2D eigenvalue weighted by atomic mass is 10.0. The summed E-state index contributed by atoms with van der Waals surface area (Å²) in [5.74, 6) is -0.836. The van der Waals surface area contributed by atoms with Gasteiger partial charge < -0.3 is 14.6 Å². The smallest absolute Gasteiger partial charge is 0.337 e. The number of benzene rings is 1. The molecule has 1 fully saturated rings. The van der Waals surface area contributed by atoms with Gasteiger partial charge in [0.2, 0.25) is 0 Å². The molecule has 4 nitrogen and oxygen atoms in total. The van der Waals surface area contributed by atoms with Crippen LogP contribution in [0.2, 0.25) is 0 Å². The van der Waals surface area contributed by atoms with Crippen molar-refractivity contribution in [1.29, 1.82) is 0 Å². The average Bonchev–Trinajstić information content (AvgIpc) is 3.10. The van der Waals surface area contributed by atoms with Crippen LogP contribution in [0, 0.1) is 13.8 Å². The van der Waals surface area contributed by atoms with Crippen LogP contribution in [0.3, 0.4) is 0 Å². The third-order valence-electron chi connectivity index (χ3n) is 5.11. The second kappa shape index (κ2) is 6.36. The Morgan fingerprint density at radius 1 is 1.22 bits per heavy atom. The third kappa shape index (κ3) is 2.88. The standard InChI is InChI=1S/C19H26N2O2/c1-4-21-14(3)15(7-10-20-8-5-6-9-20)16-11-13(2)12-17(18(16)21)19(22)23/h11-12H,4-10H2,1-3H3,(H,22,23). The molecule has 0 atom stereocenters. The van der Waals surface area contributed by atoms with Gasteiger partial charge in [-0.25, -0.2) is 4.79 Å². The van der Waals surface area contributed by atoms with Crippen molar-refractivity contribution in [2.45, 2.75) is 46.6 Å². The van der Waals surface area contributed by atoms with E-state index in [9.17, 15) is 9.90 Å². The molecule has 124 valence electrons. The van der Waals surface area contributed by atoms with Gasteiger partial charge in [-0.15, -0.1) is 0 Å². The van der Waals surface area contributed by atoms with E-state index in [2.05, 4.69) is 29.4 Å². The molecule has 3 rings (SSSR count). The van der Waals surface area contributed by atoms with Crippen molar-refractivity contribution in [2.24, 2.45) is 0 Å². The summed E-state index contributed by atoms with van der Waals surface area (Å²) in [5.41, 5.74) is 4.87. The summed E-state index contributed by atoms with van der Waals surface area (Å²) in [6.45, 7) is 10.5. The molecular weight excluding hydrogens is 288 g/mol. The molecule has 2 heterocycles. The molecule has 0 unspecified atom stereocenters. The summed E-state index contributed by atoms with van der Waals surface area (Å²) in [5, 5.41) is 10.7. The molecule has 0 radical (unpaired) electrons. The molecule has 4 heteroatoms. The van der Waals surface area contributed by atoms with Gasteiger partial charge >= 0.3 is 5.97 Å². The first-order chi connectivity index (χ1) is 11.0. The van der Waals surface area contributed by atoms with Crippen molar-refractivity contribution in [1.82, 2.24) is 9.47 Å². The number of carboxylic acid groups (broad SMARTS) is 1. The SMILES string of the molecule is CCn1c(C)c(CCN2CCCC2)c2cc(C)cc(C(=O)O)c21. The first kappa shape index (κ1) is 16.1. The molecule has 0 aliphatic carbocycles. The fraction of sp³-hybridized carbons (Fsp3) is 0.526. The van der Waals surface area contributed by atoms with Gasteiger partial charge in [-0.05, 0) is 76.4 Å². The highest BCUT2D eigenvalue weighted by atomic mass is 16.4. The van der Waals surface area contributed by atoms with Gasteiger partial charge in [0.1, 0.15) is 0 Å². The van der Waals surface area contributed by atoms with E-state index in [1.54, 1.807) is 6.07 Å². The van der Waals surface area contributed by atoms with Gasteiger partial charge in [0.25, 0.3) is 0 Å². The number of nitrogens with zero attached hydrogens (tertiary/aromatic N) is 2. The topological polar surface area (TPSA) is 45.5 Å². The van der Waals surface area contributed by atoms with Crippen LogP contribution in [-0.2, 0) is 13.0 Å². The predicted octanol–water partition coefficient (Wildman–Crippen LogP) is 3.61. The summed E-state index contributed by atoms with van der Waals surface area (Å²) < 4.78 is 2.16. The number of hydrogen-bond acceptors (Lipinski definition) is 2. The molecule has 1 aliphatic rings. The van der Waals surface area contributed by atoms with Gasteiger partial charge in [0, 0.05) is 24.2 Å². The molecule has 1 aromatic carbocycles. The third-order valence-corrected chi connectivity index (χ3v) is 5.11. The highest BCUT2D eigenvalue weighted by Gasteiger charge is 2.21.